The summed E-state index contributed by atoms with van der Waals surface area (Å²) in [7, 11) is 0. The summed E-state index contributed by atoms with van der Waals surface area (Å²) < 4.78 is 5.71. The van der Waals surface area contributed by atoms with Gasteiger partial charge in [0.2, 0.25) is 5.91 Å². The summed E-state index contributed by atoms with van der Waals surface area (Å²) in [4.78, 5) is 27.7. The van der Waals surface area contributed by atoms with E-state index in [1.165, 1.54) is 13.0 Å². The highest BCUT2D eigenvalue weighted by Gasteiger charge is 2.02. The number of rotatable bonds is 7. The van der Waals surface area contributed by atoms with Gasteiger partial charge < -0.3 is 10.1 Å². The fourth-order valence-electron chi connectivity index (χ4n) is 2.45. The van der Waals surface area contributed by atoms with E-state index in [2.05, 4.69) is 10.3 Å². The molecular formula is C22H20N2O3S. The Labute approximate surface area is 167 Å². The van der Waals surface area contributed by atoms with Gasteiger partial charge in [0, 0.05) is 22.7 Å². The van der Waals surface area contributed by atoms with Crippen LogP contribution < -0.4 is 10.1 Å². The van der Waals surface area contributed by atoms with E-state index in [1.807, 2.05) is 36.6 Å². The maximum Gasteiger partial charge on any atom is 0.248 e. The molecule has 5 nitrogen and oxygen atoms in total. The van der Waals surface area contributed by atoms with E-state index >= 15 is 0 Å². The van der Waals surface area contributed by atoms with Gasteiger partial charge in [-0.3, -0.25) is 9.59 Å². The maximum atomic E-state index is 12.0. The van der Waals surface area contributed by atoms with Crippen LogP contribution in [0, 0.1) is 6.92 Å². The Morgan fingerprint density at radius 3 is 2.43 bits per heavy atom. The fourth-order valence-corrected chi connectivity index (χ4v) is 3.05. The van der Waals surface area contributed by atoms with Gasteiger partial charge in [-0.05, 0) is 61.9 Å². The first kappa shape index (κ1) is 19.5. The SMILES string of the molecule is CC(=O)c1ccc(NC(=O)/C=C/c2ccc(OCc3csc(C)n3)cc2)cc1. The van der Waals surface area contributed by atoms with Crippen molar-refractivity contribution in [2.75, 3.05) is 5.32 Å². The van der Waals surface area contributed by atoms with Gasteiger partial charge in [-0.15, -0.1) is 11.3 Å². The molecule has 6 heteroatoms. The second-order valence-corrected chi connectivity index (χ2v) is 7.23. The molecule has 28 heavy (non-hydrogen) atoms. The van der Waals surface area contributed by atoms with E-state index in [0.29, 0.717) is 17.9 Å². The lowest BCUT2D eigenvalue weighted by molar-refractivity contribution is -0.111. The largest absolute Gasteiger partial charge is 0.487 e. The van der Waals surface area contributed by atoms with E-state index in [4.69, 9.17) is 4.74 Å². The minimum absolute atomic E-state index is 0.00750. The number of anilines is 1. The molecule has 3 rings (SSSR count). The molecule has 1 heterocycles. The molecule has 0 spiro atoms. The number of hydrogen-bond donors (Lipinski definition) is 1. The van der Waals surface area contributed by atoms with Gasteiger partial charge in [-0.25, -0.2) is 4.98 Å². The highest BCUT2D eigenvalue weighted by atomic mass is 32.1. The van der Waals surface area contributed by atoms with Crippen LogP contribution in [0.1, 0.15) is 33.5 Å². The van der Waals surface area contributed by atoms with Gasteiger partial charge >= 0.3 is 0 Å². The molecule has 0 unspecified atom stereocenters. The third kappa shape index (κ3) is 5.62. The first-order valence-corrected chi connectivity index (χ1v) is 9.61. The third-order valence-corrected chi connectivity index (χ3v) is 4.74. The number of hydrogen-bond acceptors (Lipinski definition) is 5. The van der Waals surface area contributed by atoms with Crippen LogP contribution in [0.15, 0.2) is 60.0 Å². The molecule has 0 saturated carbocycles. The number of thiazole rings is 1. The van der Waals surface area contributed by atoms with Crippen LogP contribution in [0.3, 0.4) is 0 Å². The Kier molecular flexibility index (Phi) is 6.34. The predicted octanol–water partition coefficient (Wildman–Crippen LogP) is 4.89. The normalized spacial score (nSPS) is 10.8. The number of benzene rings is 2. The van der Waals surface area contributed by atoms with Crippen molar-refractivity contribution in [3.8, 4) is 5.75 Å². The first-order chi connectivity index (χ1) is 13.5. The molecule has 1 N–H and O–H groups in total. The van der Waals surface area contributed by atoms with E-state index < -0.39 is 0 Å². The van der Waals surface area contributed by atoms with Gasteiger partial charge in [0.1, 0.15) is 12.4 Å². The molecule has 3 aromatic rings. The Morgan fingerprint density at radius 1 is 1.11 bits per heavy atom. The topological polar surface area (TPSA) is 68.3 Å². The predicted molar refractivity (Wildman–Crippen MR) is 112 cm³/mol. The molecule has 0 aliphatic heterocycles. The second-order valence-electron chi connectivity index (χ2n) is 6.17. The Balaban J connectivity index is 1.51. The third-order valence-electron chi connectivity index (χ3n) is 3.92. The number of aryl methyl sites for hydroxylation is 1. The lowest BCUT2D eigenvalue weighted by Gasteiger charge is -2.05. The molecule has 142 valence electrons. The minimum atomic E-state index is -0.241. The number of carbonyl (C=O) groups excluding carboxylic acids is 2. The molecule has 1 amide bonds. The number of ether oxygens (including phenoxy) is 1. The average molecular weight is 392 g/mol. The fraction of sp³-hybridized carbons (Fsp3) is 0.136. The minimum Gasteiger partial charge on any atom is -0.487 e. The maximum absolute atomic E-state index is 12.0. The molecule has 0 aliphatic carbocycles. The van der Waals surface area contributed by atoms with Crippen LogP contribution in [0.2, 0.25) is 0 Å². The molecule has 0 aliphatic rings. The van der Waals surface area contributed by atoms with Crippen molar-refractivity contribution in [1.82, 2.24) is 4.98 Å². The zero-order chi connectivity index (χ0) is 19.9. The Morgan fingerprint density at radius 2 is 1.82 bits per heavy atom. The molecule has 0 bridgehead atoms. The number of nitrogens with one attached hydrogen (secondary N) is 1. The summed E-state index contributed by atoms with van der Waals surface area (Å²) in [5, 5.41) is 5.77. The number of amides is 1. The summed E-state index contributed by atoms with van der Waals surface area (Å²) in [6.45, 7) is 3.91. The van der Waals surface area contributed by atoms with E-state index in [-0.39, 0.29) is 11.7 Å². The summed E-state index contributed by atoms with van der Waals surface area (Å²) >= 11 is 1.60. The lowest BCUT2D eigenvalue weighted by Crippen LogP contribution is -2.07. The molecule has 0 saturated heterocycles. The molecule has 1 aromatic heterocycles. The van der Waals surface area contributed by atoms with Gasteiger partial charge in [0.05, 0.1) is 10.7 Å². The Hall–Kier alpha value is -3.25. The van der Waals surface area contributed by atoms with Crippen molar-refractivity contribution in [1.29, 1.82) is 0 Å². The van der Waals surface area contributed by atoms with Crippen LogP contribution >= 0.6 is 11.3 Å². The first-order valence-electron chi connectivity index (χ1n) is 8.73. The highest BCUT2D eigenvalue weighted by molar-refractivity contribution is 7.09. The highest BCUT2D eigenvalue weighted by Crippen LogP contribution is 2.16. The Bertz CT molecular complexity index is 989. The molecule has 0 fully saturated rings. The van der Waals surface area contributed by atoms with Crippen LogP contribution in [-0.4, -0.2) is 16.7 Å². The van der Waals surface area contributed by atoms with Gasteiger partial charge in [-0.2, -0.15) is 0 Å². The number of aromatic nitrogens is 1. The quantitative estimate of drug-likeness (QED) is 0.459. The summed E-state index contributed by atoms with van der Waals surface area (Å²) in [6.07, 6.45) is 3.19. The summed E-state index contributed by atoms with van der Waals surface area (Å²) in [6, 6.07) is 14.3. The van der Waals surface area contributed by atoms with Crippen LogP contribution in [0.5, 0.6) is 5.75 Å². The van der Waals surface area contributed by atoms with Crippen molar-refractivity contribution in [2.45, 2.75) is 20.5 Å². The smallest absolute Gasteiger partial charge is 0.248 e. The second kappa shape index (κ2) is 9.10. The van der Waals surface area contributed by atoms with Crippen molar-refractivity contribution in [3.63, 3.8) is 0 Å². The number of ketones is 1. The molecule has 0 radical (unpaired) electrons. The standard InChI is InChI=1S/C22H20N2O3S/c1-15(25)18-6-8-19(9-7-18)24-22(26)12-5-17-3-10-21(11-4-17)27-13-20-14-28-16(2)23-20/h3-12,14H,13H2,1-2H3,(H,24,26)/b12-5+. The van der Waals surface area contributed by atoms with Crippen LogP contribution in [0.25, 0.3) is 6.08 Å². The molecular weight excluding hydrogens is 372 g/mol. The number of nitrogens with zero attached hydrogens (tertiary/aromatic N) is 1. The lowest BCUT2D eigenvalue weighted by atomic mass is 10.1. The van der Waals surface area contributed by atoms with Gasteiger partial charge in [0.15, 0.2) is 5.78 Å². The number of Topliss-reactive ketones (excluding diaryl/α,β-unsaturated/α-hetero) is 1. The molecule has 0 atom stereocenters. The summed E-state index contributed by atoms with van der Waals surface area (Å²) in [5.74, 6) is 0.500. The van der Waals surface area contributed by atoms with Gasteiger partial charge in [0.25, 0.3) is 0 Å². The monoisotopic (exact) mass is 392 g/mol. The van der Waals surface area contributed by atoms with Crippen LogP contribution in [0.4, 0.5) is 5.69 Å². The van der Waals surface area contributed by atoms with Crippen molar-refractivity contribution in [3.05, 3.63) is 81.8 Å². The van der Waals surface area contributed by atoms with Crippen molar-refractivity contribution >= 4 is 34.8 Å². The zero-order valence-electron chi connectivity index (χ0n) is 15.6. The molecule has 2 aromatic carbocycles. The van der Waals surface area contributed by atoms with Crippen LogP contribution in [-0.2, 0) is 11.4 Å². The number of carbonyl (C=O) groups is 2. The van der Waals surface area contributed by atoms with E-state index in [1.54, 1.807) is 41.7 Å². The average Bonchev–Trinajstić information content (AvgIpc) is 3.11. The van der Waals surface area contributed by atoms with Crippen molar-refractivity contribution < 1.29 is 14.3 Å². The summed E-state index contributed by atoms with van der Waals surface area (Å²) in [5.41, 5.74) is 3.06. The van der Waals surface area contributed by atoms with E-state index in [9.17, 15) is 9.59 Å². The van der Waals surface area contributed by atoms with Crippen molar-refractivity contribution in [2.24, 2.45) is 0 Å². The zero-order valence-corrected chi connectivity index (χ0v) is 16.5. The van der Waals surface area contributed by atoms with Gasteiger partial charge in [-0.1, -0.05) is 12.1 Å². The van der Waals surface area contributed by atoms with E-state index in [0.717, 1.165) is 22.0 Å².